The van der Waals surface area contributed by atoms with E-state index in [4.69, 9.17) is 5.11 Å². The summed E-state index contributed by atoms with van der Waals surface area (Å²) < 4.78 is 24.8. The molecular formula is C14H24N2O5S. The number of hydrogen-bond donors (Lipinski definition) is 2. The second-order valence-electron chi connectivity index (χ2n) is 6.31. The minimum absolute atomic E-state index is 0.147. The summed E-state index contributed by atoms with van der Waals surface area (Å²) in [5.41, 5.74) is 0. The molecule has 8 heteroatoms. The lowest BCUT2D eigenvalue weighted by atomic mass is 9.81. The number of carboxylic acid groups (broad SMARTS) is 1. The van der Waals surface area contributed by atoms with E-state index >= 15 is 0 Å². The van der Waals surface area contributed by atoms with Crippen LogP contribution in [0.5, 0.6) is 0 Å². The summed E-state index contributed by atoms with van der Waals surface area (Å²) in [5, 5.41) is 11.9. The largest absolute Gasteiger partial charge is 0.481 e. The lowest BCUT2D eigenvalue weighted by Crippen LogP contribution is -2.44. The highest BCUT2D eigenvalue weighted by atomic mass is 32.2. The molecule has 2 rings (SSSR count). The topological polar surface area (TPSA) is 104 Å². The maximum absolute atomic E-state index is 12.2. The molecule has 2 fully saturated rings. The Labute approximate surface area is 131 Å². The van der Waals surface area contributed by atoms with Crippen LogP contribution in [0.2, 0.25) is 0 Å². The Bertz CT molecular complexity index is 533. The zero-order valence-electron chi connectivity index (χ0n) is 12.8. The highest BCUT2D eigenvalue weighted by Gasteiger charge is 2.34. The van der Waals surface area contributed by atoms with E-state index in [9.17, 15) is 18.0 Å². The van der Waals surface area contributed by atoms with E-state index in [-0.39, 0.29) is 17.9 Å². The number of nitrogens with one attached hydrogen (secondary N) is 1. The van der Waals surface area contributed by atoms with Crippen LogP contribution in [0.25, 0.3) is 0 Å². The van der Waals surface area contributed by atoms with Gasteiger partial charge in [-0.15, -0.1) is 0 Å². The fraction of sp³-hybridized carbons (Fsp3) is 0.857. The van der Waals surface area contributed by atoms with Gasteiger partial charge in [0.25, 0.3) is 0 Å². The number of hydrogen-bond acceptors (Lipinski definition) is 4. The van der Waals surface area contributed by atoms with Gasteiger partial charge in [-0.25, -0.2) is 8.42 Å². The lowest BCUT2D eigenvalue weighted by molar-refractivity contribution is -0.144. The number of aliphatic carboxylic acids is 1. The van der Waals surface area contributed by atoms with Gasteiger partial charge in [0.1, 0.15) is 0 Å². The molecule has 2 unspecified atom stereocenters. The van der Waals surface area contributed by atoms with E-state index in [1.165, 1.54) is 10.6 Å². The minimum atomic E-state index is -3.24. The third-order valence-electron chi connectivity index (χ3n) is 4.66. The summed E-state index contributed by atoms with van der Waals surface area (Å²) >= 11 is 0. The SMILES string of the molecule is CS(=O)(=O)N1CCC[C@@H]1CNC(=O)C1CCCC(C(=O)O)C1. The van der Waals surface area contributed by atoms with Gasteiger partial charge >= 0.3 is 5.97 Å². The predicted octanol–water partition coefficient (Wildman–Crippen LogP) is 0.418. The average molecular weight is 332 g/mol. The van der Waals surface area contributed by atoms with E-state index in [1.807, 2.05) is 0 Å². The molecule has 0 radical (unpaired) electrons. The molecule has 1 aliphatic carbocycles. The summed E-state index contributed by atoms with van der Waals surface area (Å²) in [6, 6.07) is -0.183. The van der Waals surface area contributed by atoms with E-state index < -0.39 is 21.9 Å². The van der Waals surface area contributed by atoms with Gasteiger partial charge in [0.2, 0.25) is 15.9 Å². The van der Waals surface area contributed by atoms with Crippen LogP contribution in [0.1, 0.15) is 38.5 Å². The van der Waals surface area contributed by atoms with Gasteiger partial charge in [0, 0.05) is 25.0 Å². The van der Waals surface area contributed by atoms with Crippen molar-refractivity contribution in [3.63, 3.8) is 0 Å². The van der Waals surface area contributed by atoms with Crippen LogP contribution < -0.4 is 5.32 Å². The molecular weight excluding hydrogens is 308 g/mol. The van der Waals surface area contributed by atoms with Gasteiger partial charge < -0.3 is 10.4 Å². The molecule has 1 heterocycles. The number of carboxylic acids is 1. The van der Waals surface area contributed by atoms with Gasteiger partial charge in [-0.2, -0.15) is 4.31 Å². The summed E-state index contributed by atoms with van der Waals surface area (Å²) in [6.07, 6.45) is 5.19. The van der Waals surface area contributed by atoms with Crippen LogP contribution in [0, 0.1) is 11.8 Å². The number of carbonyl (C=O) groups excluding carboxylic acids is 1. The molecule has 0 aromatic carbocycles. The van der Waals surface area contributed by atoms with Crippen LogP contribution in [-0.2, 0) is 19.6 Å². The standard InChI is InChI=1S/C14H24N2O5S/c1-22(20,21)16-7-3-6-12(16)9-15-13(17)10-4-2-5-11(8-10)14(18)19/h10-12H,2-9H2,1H3,(H,15,17)(H,18,19)/t10?,11?,12-/m1/s1. The summed E-state index contributed by atoms with van der Waals surface area (Å²) in [7, 11) is -3.24. The highest BCUT2D eigenvalue weighted by molar-refractivity contribution is 7.88. The van der Waals surface area contributed by atoms with Crippen LogP contribution >= 0.6 is 0 Å². The quantitative estimate of drug-likeness (QED) is 0.759. The highest BCUT2D eigenvalue weighted by Crippen LogP contribution is 2.29. The molecule has 0 bridgehead atoms. The lowest BCUT2D eigenvalue weighted by Gasteiger charge is -2.27. The Hall–Kier alpha value is -1.15. The number of nitrogens with zero attached hydrogens (tertiary/aromatic N) is 1. The molecule has 2 N–H and O–H groups in total. The first-order chi connectivity index (χ1) is 10.3. The molecule has 22 heavy (non-hydrogen) atoms. The third kappa shape index (κ3) is 4.19. The fourth-order valence-electron chi connectivity index (χ4n) is 3.46. The predicted molar refractivity (Wildman–Crippen MR) is 80.7 cm³/mol. The molecule has 3 atom stereocenters. The zero-order chi connectivity index (χ0) is 16.3. The van der Waals surface area contributed by atoms with Gasteiger partial charge in [-0.1, -0.05) is 6.42 Å². The first-order valence-electron chi connectivity index (χ1n) is 7.76. The van der Waals surface area contributed by atoms with E-state index in [2.05, 4.69) is 5.32 Å². The fourth-order valence-corrected chi connectivity index (χ4v) is 4.65. The normalized spacial score (nSPS) is 30.1. The second kappa shape index (κ2) is 6.95. The molecule has 1 aliphatic heterocycles. The maximum atomic E-state index is 12.2. The van der Waals surface area contributed by atoms with Crippen LogP contribution in [0.3, 0.4) is 0 Å². The van der Waals surface area contributed by atoms with Gasteiger partial charge in [-0.3, -0.25) is 9.59 Å². The third-order valence-corrected chi connectivity index (χ3v) is 5.99. The maximum Gasteiger partial charge on any atom is 0.306 e. The smallest absolute Gasteiger partial charge is 0.306 e. The van der Waals surface area contributed by atoms with Gasteiger partial charge in [0.05, 0.1) is 12.2 Å². The van der Waals surface area contributed by atoms with Gasteiger partial charge in [0.15, 0.2) is 0 Å². The zero-order valence-corrected chi connectivity index (χ0v) is 13.6. The summed E-state index contributed by atoms with van der Waals surface area (Å²) in [5.74, 6) is -1.70. The minimum Gasteiger partial charge on any atom is -0.481 e. The first kappa shape index (κ1) is 17.2. The number of rotatable bonds is 5. The molecule has 126 valence electrons. The van der Waals surface area contributed by atoms with Crippen LogP contribution in [-0.4, -0.2) is 55.1 Å². The van der Waals surface area contributed by atoms with E-state index in [0.29, 0.717) is 32.4 Å². The average Bonchev–Trinajstić information content (AvgIpc) is 2.93. The Morgan fingerprint density at radius 1 is 1.18 bits per heavy atom. The summed E-state index contributed by atoms with van der Waals surface area (Å²) in [6.45, 7) is 0.810. The molecule has 0 spiro atoms. The second-order valence-corrected chi connectivity index (χ2v) is 8.25. The number of sulfonamides is 1. The molecule has 0 aromatic heterocycles. The van der Waals surface area contributed by atoms with Crippen molar-refractivity contribution in [1.29, 1.82) is 0 Å². The van der Waals surface area contributed by atoms with Crippen LogP contribution in [0.15, 0.2) is 0 Å². The Kier molecular flexibility index (Phi) is 5.44. The van der Waals surface area contributed by atoms with Crippen molar-refractivity contribution in [1.82, 2.24) is 9.62 Å². The van der Waals surface area contributed by atoms with Crippen molar-refractivity contribution in [2.75, 3.05) is 19.3 Å². The van der Waals surface area contributed by atoms with Crippen molar-refractivity contribution in [3.05, 3.63) is 0 Å². The van der Waals surface area contributed by atoms with Crippen molar-refractivity contribution in [2.24, 2.45) is 11.8 Å². The van der Waals surface area contributed by atoms with Crippen molar-refractivity contribution < 1.29 is 23.1 Å². The van der Waals surface area contributed by atoms with Crippen molar-refractivity contribution in [2.45, 2.75) is 44.6 Å². The molecule has 1 saturated heterocycles. The summed E-state index contributed by atoms with van der Waals surface area (Å²) in [4.78, 5) is 23.2. The van der Waals surface area contributed by atoms with E-state index in [1.54, 1.807) is 0 Å². The Morgan fingerprint density at radius 2 is 1.86 bits per heavy atom. The van der Waals surface area contributed by atoms with Crippen molar-refractivity contribution >= 4 is 21.9 Å². The Morgan fingerprint density at radius 3 is 2.50 bits per heavy atom. The van der Waals surface area contributed by atoms with E-state index in [0.717, 1.165) is 19.3 Å². The number of carbonyl (C=O) groups is 2. The van der Waals surface area contributed by atoms with Gasteiger partial charge in [-0.05, 0) is 32.1 Å². The molecule has 1 saturated carbocycles. The molecule has 2 aliphatic rings. The molecule has 0 aromatic rings. The van der Waals surface area contributed by atoms with Crippen LogP contribution in [0.4, 0.5) is 0 Å². The Balaban J connectivity index is 1.86. The first-order valence-corrected chi connectivity index (χ1v) is 9.61. The molecule has 1 amide bonds. The molecule has 7 nitrogen and oxygen atoms in total. The monoisotopic (exact) mass is 332 g/mol. The van der Waals surface area contributed by atoms with Crippen molar-refractivity contribution in [3.8, 4) is 0 Å². The number of amides is 1.